The van der Waals surface area contributed by atoms with Crippen LogP contribution in [-0.2, 0) is 7.05 Å². The van der Waals surface area contributed by atoms with Gasteiger partial charge in [-0.05, 0) is 52.7 Å². The van der Waals surface area contributed by atoms with Gasteiger partial charge in [-0.15, -0.1) is 0 Å². The molecule has 0 bridgehead atoms. The Labute approximate surface area is 211 Å². The predicted octanol–water partition coefficient (Wildman–Crippen LogP) is 4.57. The number of nitrogens with one attached hydrogen (secondary N) is 2. The van der Waals surface area contributed by atoms with Crippen molar-refractivity contribution in [2.75, 3.05) is 30.4 Å². The highest BCUT2D eigenvalue weighted by molar-refractivity contribution is 6.01. The van der Waals surface area contributed by atoms with E-state index in [2.05, 4.69) is 52.5 Å². The molecule has 0 unspecified atom stereocenters. The lowest BCUT2D eigenvalue weighted by molar-refractivity contribution is 0.112. The summed E-state index contributed by atoms with van der Waals surface area (Å²) in [6.07, 6.45) is 8.76. The highest BCUT2D eigenvalue weighted by atomic mass is 19.1. The van der Waals surface area contributed by atoms with Crippen LogP contribution in [-0.4, -0.2) is 57.2 Å². The Kier molecular flexibility index (Phi) is 7.31. The van der Waals surface area contributed by atoms with E-state index in [1.165, 1.54) is 11.8 Å². The van der Waals surface area contributed by atoms with Gasteiger partial charge in [0.15, 0.2) is 17.8 Å². The number of nitrogens with zero attached hydrogens (tertiary/aromatic N) is 5. The molecule has 8 nitrogen and oxygen atoms in total. The normalized spacial score (nSPS) is 14.7. The van der Waals surface area contributed by atoms with E-state index in [0.717, 1.165) is 54.5 Å². The zero-order chi connectivity index (χ0) is 26.0. The molecule has 0 radical (unpaired) electrons. The number of halogens is 1. The molecule has 36 heavy (non-hydrogen) atoms. The van der Waals surface area contributed by atoms with Crippen LogP contribution < -0.4 is 15.5 Å². The molecular formula is C27H36FN7O. The maximum absolute atomic E-state index is 13.3. The third-order valence-electron chi connectivity index (χ3n) is 6.31. The summed E-state index contributed by atoms with van der Waals surface area (Å²) in [4.78, 5) is 17.7. The molecule has 3 aromatic heterocycles. The van der Waals surface area contributed by atoms with Crippen LogP contribution in [0.25, 0.3) is 16.6 Å². The summed E-state index contributed by atoms with van der Waals surface area (Å²) < 4.78 is 16.8. The van der Waals surface area contributed by atoms with Crippen LogP contribution in [0.4, 0.5) is 15.8 Å². The van der Waals surface area contributed by atoms with Gasteiger partial charge in [0, 0.05) is 80.1 Å². The van der Waals surface area contributed by atoms with Gasteiger partial charge in [0.05, 0.1) is 11.4 Å². The number of hydrogen-bond donors (Lipinski definition) is 2. The minimum atomic E-state index is -0.306. The van der Waals surface area contributed by atoms with Crippen molar-refractivity contribution in [2.24, 2.45) is 7.05 Å². The molecule has 9 heteroatoms. The number of carbonyl (C=O) groups is 1. The second-order valence-corrected chi connectivity index (χ2v) is 10.5. The van der Waals surface area contributed by atoms with E-state index >= 15 is 0 Å². The molecule has 1 fully saturated rings. The lowest BCUT2D eigenvalue weighted by Crippen LogP contribution is -2.49. The molecule has 0 aliphatic carbocycles. The average Bonchev–Trinajstić information content (AvgIpc) is 3.40. The Bertz CT molecular complexity index is 1360. The maximum atomic E-state index is 13.3. The van der Waals surface area contributed by atoms with Gasteiger partial charge in [-0.3, -0.25) is 9.48 Å². The molecule has 192 valence electrons. The van der Waals surface area contributed by atoms with Gasteiger partial charge in [-0.2, -0.15) is 5.10 Å². The van der Waals surface area contributed by atoms with Crippen molar-refractivity contribution in [2.45, 2.75) is 52.1 Å². The second-order valence-electron chi connectivity index (χ2n) is 10.5. The average molecular weight is 494 g/mol. The van der Waals surface area contributed by atoms with Gasteiger partial charge in [0.2, 0.25) is 0 Å². The summed E-state index contributed by atoms with van der Waals surface area (Å²) in [6.45, 7) is 10.5. The highest BCUT2D eigenvalue weighted by Gasteiger charge is 2.24. The van der Waals surface area contributed by atoms with E-state index in [-0.39, 0.29) is 11.4 Å². The number of fused-ring (bicyclic) bond motifs is 2. The van der Waals surface area contributed by atoms with Crippen molar-refractivity contribution in [3.8, 4) is 0 Å². The quantitative estimate of drug-likeness (QED) is 0.406. The maximum Gasteiger partial charge on any atom is 0.173 e. The minimum Gasteiger partial charge on any atom is -0.387 e. The molecule has 2 N–H and O–H groups in total. The largest absolute Gasteiger partial charge is 0.387 e. The van der Waals surface area contributed by atoms with Crippen LogP contribution in [0, 0.1) is 12.7 Å². The smallest absolute Gasteiger partial charge is 0.173 e. The highest BCUT2D eigenvalue weighted by Crippen LogP contribution is 2.30. The van der Waals surface area contributed by atoms with E-state index in [1.54, 1.807) is 28.5 Å². The third-order valence-corrected chi connectivity index (χ3v) is 6.31. The summed E-state index contributed by atoms with van der Waals surface area (Å²) in [5.74, 6) is -0.306. The number of pyridine rings is 1. The molecule has 0 amide bonds. The standard InChI is InChI=1S/C18H26N4O.C9H10FN3/c1-18(2,3)19-14-7-9-22(10-8-14)16-6-5-13(12-23)17-15(16)11-21(4)20-17;1-6-4-13-5-7(11-2)3-8(10)9(13)12-6/h5-6,11-12,14,19H,7-10H2,1-4H3;3-5,11H,1-2H3. The van der Waals surface area contributed by atoms with Gasteiger partial charge < -0.3 is 19.9 Å². The first-order valence-electron chi connectivity index (χ1n) is 12.3. The minimum absolute atomic E-state index is 0.162. The molecule has 0 saturated carbocycles. The molecule has 1 aliphatic heterocycles. The zero-order valence-corrected chi connectivity index (χ0v) is 22.0. The van der Waals surface area contributed by atoms with Crippen LogP contribution in [0.3, 0.4) is 0 Å². The number of benzene rings is 1. The fraction of sp³-hybridized carbons (Fsp3) is 0.444. The number of anilines is 2. The first-order chi connectivity index (χ1) is 17.1. The SMILES string of the molecule is CNc1cc(F)c2nc(C)cn2c1.Cn1cc2c(N3CCC(NC(C)(C)C)CC3)ccc(C=O)c2n1. The number of aryl methyl sites for hydroxylation is 2. The summed E-state index contributed by atoms with van der Waals surface area (Å²) >= 11 is 0. The van der Waals surface area contributed by atoms with Crippen molar-refractivity contribution in [1.29, 1.82) is 0 Å². The Hall–Kier alpha value is -3.46. The molecule has 5 rings (SSSR count). The summed E-state index contributed by atoms with van der Waals surface area (Å²) in [5.41, 5.74) is 4.73. The number of aromatic nitrogens is 4. The molecule has 1 aliphatic rings. The Balaban J connectivity index is 0.000000197. The second kappa shape index (κ2) is 10.3. The number of aldehydes is 1. The van der Waals surface area contributed by atoms with Crippen LogP contribution in [0.5, 0.6) is 0 Å². The molecular weight excluding hydrogens is 457 g/mol. The topological polar surface area (TPSA) is 79.5 Å². The molecule has 4 heterocycles. The number of carbonyl (C=O) groups excluding carboxylic acids is 1. The van der Waals surface area contributed by atoms with E-state index in [9.17, 15) is 9.18 Å². The number of rotatable bonds is 4. The first-order valence-corrected chi connectivity index (χ1v) is 12.3. The van der Waals surface area contributed by atoms with Crippen LogP contribution >= 0.6 is 0 Å². The predicted molar refractivity (Wildman–Crippen MR) is 144 cm³/mol. The summed E-state index contributed by atoms with van der Waals surface area (Å²) in [6, 6.07) is 5.95. The van der Waals surface area contributed by atoms with Crippen LogP contribution in [0.2, 0.25) is 0 Å². The van der Waals surface area contributed by atoms with E-state index in [0.29, 0.717) is 17.3 Å². The molecule has 1 aromatic carbocycles. The molecule has 0 spiro atoms. The Morgan fingerprint density at radius 3 is 2.50 bits per heavy atom. The van der Waals surface area contributed by atoms with Crippen LogP contribution in [0.15, 0.2) is 36.8 Å². The van der Waals surface area contributed by atoms with E-state index in [1.807, 2.05) is 26.2 Å². The fourth-order valence-electron chi connectivity index (χ4n) is 4.79. The third kappa shape index (κ3) is 5.67. The zero-order valence-electron chi connectivity index (χ0n) is 22.0. The van der Waals surface area contributed by atoms with Crippen molar-refractivity contribution in [1.82, 2.24) is 24.5 Å². The fourth-order valence-corrected chi connectivity index (χ4v) is 4.79. The number of piperidine rings is 1. The Morgan fingerprint density at radius 2 is 1.86 bits per heavy atom. The van der Waals surface area contributed by atoms with E-state index in [4.69, 9.17) is 0 Å². The van der Waals surface area contributed by atoms with Crippen molar-refractivity contribution < 1.29 is 9.18 Å². The van der Waals surface area contributed by atoms with Crippen molar-refractivity contribution >= 4 is 34.2 Å². The lowest BCUT2D eigenvalue weighted by Gasteiger charge is -2.37. The van der Waals surface area contributed by atoms with Gasteiger partial charge in [-0.25, -0.2) is 9.37 Å². The van der Waals surface area contributed by atoms with Gasteiger partial charge in [0.25, 0.3) is 0 Å². The van der Waals surface area contributed by atoms with Gasteiger partial charge in [0.1, 0.15) is 5.52 Å². The van der Waals surface area contributed by atoms with Crippen molar-refractivity contribution in [3.05, 3.63) is 53.9 Å². The number of hydrogen-bond acceptors (Lipinski definition) is 6. The number of imidazole rings is 1. The van der Waals surface area contributed by atoms with Crippen molar-refractivity contribution in [3.63, 3.8) is 0 Å². The van der Waals surface area contributed by atoms with Gasteiger partial charge in [-0.1, -0.05) is 0 Å². The first kappa shape index (κ1) is 25.6. The van der Waals surface area contributed by atoms with E-state index < -0.39 is 0 Å². The lowest BCUT2D eigenvalue weighted by atomic mass is 9.99. The molecule has 4 aromatic rings. The molecule has 0 atom stereocenters. The Morgan fingerprint density at radius 1 is 1.14 bits per heavy atom. The molecule has 1 saturated heterocycles. The summed E-state index contributed by atoms with van der Waals surface area (Å²) in [7, 11) is 3.66. The van der Waals surface area contributed by atoms with Gasteiger partial charge >= 0.3 is 0 Å². The van der Waals surface area contributed by atoms with Crippen LogP contribution in [0.1, 0.15) is 49.7 Å². The summed E-state index contributed by atoms with van der Waals surface area (Å²) in [5, 5.41) is 12.1. The monoisotopic (exact) mass is 493 g/mol.